The number of amides is 4. The third-order valence-corrected chi connectivity index (χ3v) is 5.95. The zero-order valence-corrected chi connectivity index (χ0v) is 20.4. The molecule has 0 saturated carbocycles. The Balaban J connectivity index is 1.40. The molecular weight excluding hydrogens is 487 g/mol. The van der Waals surface area contributed by atoms with Crippen molar-refractivity contribution in [2.75, 3.05) is 11.5 Å². The summed E-state index contributed by atoms with van der Waals surface area (Å²) in [6.45, 7) is 2.52. The Morgan fingerprint density at radius 3 is 2.45 bits per heavy atom. The number of hydrogen-bond donors (Lipinski definition) is 1. The van der Waals surface area contributed by atoms with E-state index in [2.05, 4.69) is 11.4 Å². The number of halogens is 1. The minimum atomic E-state index is -0.949. The second kappa shape index (κ2) is 10.6. The zero-order chi connectivity index (χ0) is 26.6. The molecule has 4 aromatic carbocycles. The van der Waals surface area contributed by atoms with Crippen LogP contribution in [0.4, 0.5) is 14.9 Å². The molecule has 1 aliphatic rings. The van der Waals surface area contributed by atoms with E-state index in [1.807, 2.05) is 43.3 Å². The van der Waals surface area contributed by atoms with Gasteiger partial charge in [0, 0.05) is 0 Å². The molecule has 1 fully saturated rings. The predicted octanol–water partition coefficient (Wildman–Crippen LogP) is 5.62. The highest BCUT2D eigenvalue weighted by molar-refractivity contribution is 6.39. The quantitative estimate of drug-likeness (QED) is 0.258. The minimum absolute atomic E-state index is 0.0124. The molecule has 1 heterocycles. The van der Waals surface area contributed by atoms with Crippen LogP contribution in [0.5, 0.6) is 11.5 Å². The van der Waals surface area contributed by atoms with E-state index in [1.54, 1.807) is 18.2 Å². The Hall–Kier alpha value is -4.98. The predicted molar refractivity (Wildman–Crippen MR) is 141 cm³/mol. The summed E-state index contributed by atoms with van der Waals surface area (Å²) >= 11 is 0. The van der Waals surface area contributed by atoms with Gasteiger partial charge < -0.3 is 9.47 Å². The molecule has 8 heteroatoms. The molecular formula is C30H23FN2O5. The Morgan fingerprint density at radius 2 is 1.66 bits per heavy atom. The fraction of sp³-hybridized carbons (Fsp3) is 0.100. The lowest BCUT2D eigenvalue weighted by Crippen LogP contribution is -2.54. The van der Waals surface area contributed by atoms with E-state index >= 15 is 0 Å². The molecule has 1 N–H and O–H groups in total. The number of ether oxygens (including phenoxy) is 2. The van der Waals surface area contributed by atoms with Crippen LogP contribution in [0.2, 0.25) is 0 Å². The molecule has 1 saturated heterocycles. The summed E-state index contributed by atoms with van der Waals surface area (Å²) in [7, 11) is 0. The van der Waals surface area contributed by atoms with Gasteiger partial charge in [-0.25, -0.2) is 14.1 Å². The maximum atomic E-state index is 13.7. The standard InChI is InChI=1S/C30H23FN2O5/c1-2-37-27-16-19(11-13-26(27)38-18-20-10-12-21-6-3-4-7-22(21)14-20)15-25-28(34)32-30(36)33(29(25)35)24-9-5-8-23(31)17-24/h3-17H,2,18H2,1H3,(H,32,34,36)/b25-15+. The van der Waals surface area contributed by atoms with Crippen LogP contribution in [0.15, 0.2) is 90.5 Å². The highest BCUT2D eigenvalue weighted by Crippen LogP contribution is 2.31. The molecule has 0 aromatic heterocycles. The highest BCUT2D eigenvalue weighted by Gasteiger charge is 2.37. The molecule has 190 valence electrons. The third kappa shape index (κ3) is 5.10. The summed E-state index contributed by atoms with van der Waals surface area (Å²) in [5, 5.41) is 4.38. The van der Waals surface area contributed by atoms with Crippen LogP contribution in [0, 0.1) is 5.82 Å². The van der Waals surface area contributed by atoms with Crippen molar-refractivity contribution in [2.24, 2.45) is 0 Å². The molecule has 0 radical (unpaired) electrons. The highest BCUT2D eigenvalue weighted by atomic mass is 19.1. The summed E-state index contributed by atoms with van der Waals surface area (Å²) in [4.78, 5) is 38.7. The van der Waals surface area contributed by atoms with E-state index in [0.29, 0.717) is 30.3 Å². The van der Waals surface area contributed by atoms with Gasteiger partial charge in [-0.3, -0.25) is 14.9 Å². The number of urea groups is 1. The number of barbiturate groups is 1. The zero-order valence-electron chi connectivity index (χ0n) is 20.4. The smallest absolute Gasteiger partial charge is 0.335 e. The molecule has 0 bridgehead atoms. The first-order valence-corrected chi connectivity index (χ1v) is 12.0. The summed E-state index contributed by atoms with van der Waals surface area (Å²) in [6, 6.07) is 23.2. The number of imide groups is 2. The van der Waals surface area contributed by atoms with Gasteiger partial charge in [-0.2, -0.15) is 0 Å². The number of carbonyl (C=O) groups is 3. The van der Waals surface area contributed by atoms with Crippen molar-refractivity contribution in [3.05, 3.63) is 107 Å². The van der Waals surface area contributed by atoms with Gasteiger partial charge in [0.25, 0.3) is 11.8 Å². The average molecular weight is 511 g/mol. The van der Waals surface area contributed by atoms with Crippen LogP contribution in [-0.4, -0.2) is 24.5 Å². The molecule has 0 atom stereocenters. The van der Waals surface area contributed by atoms with Crippen LogP contribution in [0.25, 0.3) is 16.8 Å². The van der Waals surface area contributed by atoms with E-state index in [9.17, 15) is 18.8 Å². The van der Waals surface area contributed by atoms with Crippen LogP contribution in [0.3, 0.4) is 0 Å². The van der Waals surface area contributed by atoms with Gasteiger partial charge >= 0.3 is 6.03 Å². The molecule has 0 spiro atoms. The number of nitrogens with zero attached hydrogens (tertiary/aromatic N) is 1. The van der Waals surface area contributed by atoms with Crippen LogP contribution in [0.1, 0.15) is 18.1 Å². The number of fused-ring (bicyclic) bond motifs is 1. The van der Waals surface area contributed by atoms with E-state index in [4.69, 9.17) is 9.47 Å². The van der Waals surface area contributed by atoms with Crippen molar-refractivity contribution in [1.29, 1.82) is 0 Å². The molecule has 0 aliphatic carbocycles. The first-order chi connectivity index (χ1) is 18.4. The first kappa shape index (κ1) is 24.7. The average Bonchev–Trinajstić information content (AvgIpc) is 2.90. The Kier molecular flexibility index (Phi) is 6.86. The second-order valence-electron chi connectivity index (χ2n) is 8.55. The SMILES string of the molecule is CCOc1cc(/C=C2\C(=O)NC(=O)N(c3cccc(F)c3)C2=O)ccc1OCc1ccc2ccccc2c1. The monoisotopic (exact) mass is 510 g/mol. The number of rotatable bonds is 7. The Bertz CT molecular complexity index is 1600. The van der Waals surface area contributed by atoms with Crippen molar-refractivity contribution < 1.29 is 28.2 Å². The summed E-state index contributed by atoms with van der Waals surface area (Å²) in [5.74, 6) is -1.39. The van der Waals surface area contributed by atoms with Crippen molar-refractivity contribution in [1.82, 2.24) is 5.32 Å². The van der Waals surface area contributed by atoms with E-state index in [0.717, 1.165) is 27.3 Å². The van der Waals surface area contributed by atoms with Gasteiger partial charge in [-0.05, 0) is 71.3 Å². The number of hydrogen-bond acceptors (Lipinski definition) is 5. The van der Waals surface area contributed by atoms with Gasteiger partial charge in [0.2, 0.25) is 0 Å². The second-order valence-corrected chi connectivity index (χ2v) is 8.55. The fourth-order valence-corrected chi connectivity index (χ4v) is 4.17. The van der Waals surface area contributed by atoms with E-state index in [-0.39, 0.29) is 11.3 Å². The van der Waals surface area contributed by atoms with Crippen molar-refractivity contribution in [3.8, 4) is 11.5 Å². The van der Waals surface area contributed by atoms with E-state index < -0.39 is 23.7 Å². The number of benzene rings is 4. The van der Waals surface area contributed by atoms with Gasteiger partial charge in [0.1, 0.15) is 18.0 Å². The molecule has 7 nitrogen and oxygen atoms in total. The molecule has 1 aliphatic heterocycles. The molecule has 4 amide bonds. The molecule has 0 unspecified atom stereocenters. The van der Waals surface area contributed by atoms with Crippen LogP contribution < -0.4 is 19.7 Å². The van der Waals surface area contributed by atoms with Gasteiger partial charge in [0.15, 0.2) is 11.5 Å². The van der Waals surface area contributed by atoms with Crippen molar-refractivity contribution >= 4 is 40.4 Å². The summed E-state index contributed by atoms with van der Waals surface area (Å²) in [6.07, 6.45) is 1.35. The van der Waals surface area contributed by atoms with Crippen LogP contribution in [-0.2, 0) is 16.2 Å². The first-order valence-electron chi connectivity index (χ1n) is 12.0. The third-order valence-electron chi connectivity index (χ3n) is 5.95. The Morgan fingerprint density at radius 1 is 0.842 bits per heavy atom. The number of nitrogens with one attached hydrogen (secondary N) is 1. The number of anilines is 1. The topological polar surface area (TPSA) is 84.9 Å². The largest absolute Gasteiger partial charge is 0.490 e. The summed E-state index contributed by atoms with van der Waals surface area (Å²) in [5.41, 5.74) is 1.21. The van der Waals surface area contributed by atoms with Crippen LogP contribution >= 0.6 is 0 Å². The Labute approximate surface area is 218 Å². The van der Waals surface area contributed by atoms with Crippen molar-refractivity contribution in [2.45, 2.75) is 13.5 Å². The van der Waals surface area contributed by atoms with Gasteiger partial charge in [-0.15, -0.1) is 0 Å². The maximum absolute atomic E-state index is 13.7. The molecule has 5 rings (SSSR count). The molecule has 38 heavy (non-hydrogen) atoms. The van der Waals surface area contributed by atoms with Gasteiger partial charge in [0.05, 0.1) is 12.3 Å². The lowest BCUT2D eigenvalue weighted by atomic mass is 10.1. The lowest BCUT2D eigenvalue weighted by Gasteiger charge is -2.26. The van der Waals surface area contributed by atoms with Gasteiger partial charge in [-0.1, -0.05) is 48.5 Å². The lowest BCUT2D eigenvalue weighted by molar-refractivity contribution is -0.122. The normalized spacial score (nSPS) is 14.6. The fourth-order valence-electron chi connectivity index (χ4n) is 4.17. The number of carbonyl (C=O) groups excluding carboxylic acids is 3. The van der Waals surface area contributed by atoms with E-state index in [1.165, 1.54) is 24.3 Å². The minimum Gasteiger partial charge on any atom is -0.490 e. The summed E-state index contributed by atoms with van der Waals surface area (Å²) < 4.78 is 25.5. The van der Waals surface area contributed by atoms with Crippen molar-refractivity contribution in [3.63, 3.8) is 0 Å². The molecule has 4 aromatic rings. The maximum Gasteiger partial charge on any atom is 0.335 e.